The van der Waals surface area contributed by atoms with E-state index in [1.54, 1.807) is 0 Å². The monoisotopic (exact) mass is 913 g/mol. The van der Waals surface area contributed by atoms with Crippen LogP contribution in [0.4, 0.5) is 0 Å². The second-order valence-electron chi connectivity index (χ2n) is 19.3. The molecular weight excluding hydrogens is 871 g/mol. The van der Waals surface area contributed by atoms with Crippen LogP contribution in [-0.4, -0.2) is 16.1 Å². The first kappa shape index (κ1) is 39.6. The molecule has 2 atom stereocenters. The minimum absolute atomic E-state index is 0.0866. The topological polar surface area (TPSA) is 42.8 Å². The van der Waals surface area contributed by atoms with Crippen LogP contribution in [0.5, 0.6) is 0 Å². The molecule has 0 saturated carbocycles. The lowest BCUT2D eigenvalue weighted by molar-refractivity contribution is 0.446. The van der Waals surface area contributed by atoms with Crippen LogP contribution in [0, 0.1) is 5.92 Å². The van der Waals surface area contributed by atoms with Gasteiger partial charge in [-0.15, -0.1) is 11.3 Å². The molecule has 0 N–H and O–H groups in total. The van der Waals surface area contributed by atoms with Gasteiger partial charge < -0.3 is 8.98 Å². The summed E-state index contributed by atoms with van der Waals surface area (Å²) in [6.07, 6.45) is 1.69. The molecule has 0 aliphatic carbocycles. The molecule has 0 amide bonds. The van der Waals surface area contributed by atoms with Crippen LogP contribution in [0.2, 0.25) is 0 Å². The maximum Gasteiger partial charge on any atom is 0.159 e. The van der Waals surface area contributed by atoms with Crippen LogP contribution in [0.25, 0.3) is 113 Å². The molecule has 70 heavy (non-hydrogen) atoms. The number of aliphatic imine (C=N–C) groups is 2. The van der Waals surface area contributed by atoms with E-state index in [1.807, 2.05) is 11.3 Å². The Kier molecular flexibility index (Phi) is 8.66. The Morgan fingerprint density at radius 3 is 1.84 bits per heavy atom. The lowest BCUT2D eigenvalue weighted by atomic mass is 9.87. The quantitative estimate of drug-likeness (QED) is 0.173. The van der Waals surface area contributed by atoms with Gasteiger partial charge in [0, 0.05) is 52.7 Å². The number of amidine groups is 1. The van der Waals surface area contributed by atoms with Crippen LogP contribution in [-0.2, 0) is 0 Å². The zero-order chi connectivity index (χ0) is 46.0. The Bertz CT molecular complexity index is 4490. The fraction of sp³-hybridized carbons (Fsp3) is 0.0769. The maximum absolute atomic E-state index is 7.28. The molecule has 4 nitrogen and oxygen atoms in total. The van der Waals surface area contributed by atoms with Gasteiger partial charge >= 0.3 is 0 Å². The molecule has 11 aromatic carbocycles. The molecule has 0 bridgehead atoms. The van der Waals surface area contributed by atoms with Crippen molar-refractivity contribution in [2.45, 2.75) is 25.8 Å². The van der Waals surface area contributed by atoms with Crippen molar-refractivity contribution in [3.8, 4) is 5.69 Å². The van der Waals surface area contributed by atoms with Crippen molar-refractivity contribution in [1.29, 1.82) is 0 Å². The van der Waals surface area contributed by atoms with E-state index in [-0.39, 0.29) is 12.0 Å². The summed E-state index contributed by atoms with van der Waals surface area (Å²) < 4.78 is 12.2. The van der Waals surface area contributed by atoms with Crippen LogP contribution in [0.3, 0.4) is 0 Å². The summed E-state index contributed by atoms with van der Waals surface area (Å²) in [5, 5.41) is 16.6. The highest BCUT2D eigenvalue weighted by atomic mass is 32.1. The van der Waals surface area contributed by atoms with Crippen LogP contribution < -0.4 is 0 Å². The van der Waals surface area contributed by atoms with Crippen molar-refractivity contribution in [3.05, 3.63) is 223 Å². The Morgan fingerprint density at radius 2 is 1.10 bits per heavy atom. The number of benzene rings is 11. The molecule has 1 aliphatic rings. The van der Waals surface area contributed by atoms with Gasteiger partial charge in [-0.3, -0.25) is 4.99 Å². The molecule has 5 heteroatoms. The third-order valence-corrected chi connectivity index (χ3v) is 16.3. The molecular formula is C65H43N3OS. The lowest BCUT2D eigenvalue weighted by Gasteiger charge is -2.25. The fourth-order valence-corrected chi connectivity index (χ4v) is 12.8. The van der Waals surface area contributed by atoms with Gasteiger partial charge in [0.05, 0.1) is 28.5 Å². The largest absolute Gasteiger partial charge is 0.453 e. The average Bonchev–Trinajstić information content (AvgIpc) is 4.08. The summed E-state index contributed by atoms with van der Waals surface area (Å²) in [7, 11) is 0. The summed E-state index contributed by atoms with van der Waals surface area (Å²) >= 11 is 1.84. The number of thiophene rings is 1. The Labute approximate surface area is 407 Å². The molecule has 3 aromatic heterocycles. The SMILES string of the molecule is CC1CCC(c2cc(-n3c4cc5ccccc5cc4c4cc5ccccc5cc43)c3oc4c5ccccc5ccc4c3c2)=NC(c2cccc3sc4ccccc4c23)=NC1c1ccc2ccccc2c1. The van der Waals surface area contributed by atoms with Crippen molar-refractivity contribution in [3.63, 3.8) is 0 Å². The van der Waals surface area contributed by atoms with Crippen molar-refractivity contribution >= 4 is 130 Å². The van der Waals surface area contributed by atoms with Gasteiger partial charge in [-0.2, -0.15) is 0 Å². The predicted molar refractivity (Wildman–Crippen MR) is 298 cm³/mol. The summed E-state index contributed by atoms with van der Waals surface area (Å²) in [5.74, 6) is 0.997. The van der Waals surface area contributed by atoms with E-state index in [2.05, 4.69) is 218 Å². The van der Waals surface area contributed by atoms with E-state index in [4.69, 9.17) is 14.4 Å². The number of nitrogens with zero attached hydrogens (tertiary/aromatic N) is 3. The number of rotatable bonds is 4. The molecule has 2 unspecified atom stereocenters. The van der Waals surface area contributed by atoms with Gasteiger partial charge in [0.25, 0.3) is 0 Å². The van der Waals surface area contributed by atoms with Crippen molar-refractivity contribution in [2.75, 3.05) is 0 Å². The number of furan rings is 1. The Balaban J connectivity index is 1.04. The normalized spacial score (nSPS) is 15.8. The van der Waals surface area contributed by atoms with Crippen molar-refractivity contribution < 1.29 is 4.42 Å². The second-order valence-corrected chi connectivity index (χ2v) is 20.3. The minimum atomic E-state index is -0.0866. The van der Waals surface area contributed by atoms with E-state index in [0.29, 0.717) is 0 Å². The third kappa shape index (κ3) is 6.08. The summed E-state index contributed by atoms with van der Waals surface area (Å²) in [6, 6.07) is 75.5. The summed E-state index contributed by atoms with van der Waals surface area (Å²) in [4.78, 5) is 11.7. The molecule has 14 aromatic rings. The Hall–Kier alpha value is -8.38. The molecule has 1 aliphatic heterocycles. The lowest BCUT2D eigenvalue weighted by Crippen LogP contribution is -2.18. The summed E-state index contributed by atoms with van der Waals surface area (Å²) in [6.45, 7) is 2.38. The third-order valence-electron chi connectivity index (χ3n) is 15.2. The van der Waals surface area contributed by atoms with Crippen LogP contribution in [0.15, 0.2) is 221 Å². The van der Waals surface area contributed by atoms with Gasteiger partial charge in [-0.05, 0) is 128 Å². The zero-order valence-electron chi connectivity index (χ0n) is 38.4. The van der Waals surface area contributed by atoms with Gasteiger partial charge in [0.15, 0.2) is 11.4 Å². The molecule has 4 heterocycles. The Morgan fingerprint density at radius 1 is 0.486 bits per heavy atom. The highest BCUT2D eigenvalue weighted by molar-refractivity contribution is 7.25. The molecule has 15 rings (SSSR count). The van der Waals surface area contributed by atoms with Gasteiger partial charge in [0.2, 0.25) is 0 Å². The van der Waals surface area contributed by atoms with Gasteiger partial charge in [0.1, 0.15) is 5.58 Å². The zero-order valence-corrected chi connectivity index (χ0v) is 39.2. The average molecular weight is 914 g/mol. The first-order chi connectivity index (χ1) is 34.6. The maximum atomic E-state index is 7.28. The summed E-state index contributed by atoms with van der Waals surface area (Å²) in [5.41, 5.74) is 9.40. The molecule has 330 valence electrons. The molecule has 0 radical (unpaired) electrons. The van der Waals surface area contributed by atoms with Crippen molar-refractivity contribution in [2.24, 2.45) is 15.9 Å². The van der Waals surface area contributed by atoms with E-state index < -0.39 is 0 Å². The van der Waals surface area contributed by atoms with E-state index in [0.717, 1.165) is 84.9 Å². The first-order valence-electron chi connectivity index (χ1n) is 24.4. The number of hydrogen-bond donors (Lipinski definition) is 0. The highest BCUT2D eigenvalue weighted by Gasteiger charge is 2.28. The van der Waals surface area contributed by atoms with E-state index in [9.17, 15) is 0 Å². The van der Waals surface area contributed by atoms with Crippen LogP contribution in [0.1, 0.15) is 42.5 Å². The molecule has 0 spiro atoms. The van der Waals surface area contributed by atoms with Crippen LogP contribution >= 0.6 is 11.3 Å². The van der Waals surface area contributed by atoms with Gasteiger partial charge in [-0.25, -0.2) is 4.99 Å². The highest BCUT2D eigenvalue weighted by Crippen LogP contribution is 2.44. The van der Waals surface area contributed by atoms with E-state index >= 15 is 0 Å². The molecule has 0 saturated heterocycles. The smallest absolute Gasteiger partial charge is 0.159 e. The fourth-order valence-electron chi connectivity index (χ4n) is 11.7. The predicted octanol–water partition coefficient (Wildman–Crippen LogP) is 18.1. The number of fused-ring (bicyclic) bond motifs is 14. The minimum Gasteiger partial charge on any atom is -0.453 e. The molecule has 0 fully saturated rings. The standard InChI is InChI=1S/C65H43N3OS/c1-38-25-30-55(66-65(67-62(38)46-27-26-39-13-2-3-15-41(39)31-46)51-22-12-24-60-61(51)50-21-10-11-23-59(50)70-60)47-34-54-49-29-28-40-14-8-9-20-48(40)63(49)69-64(54)58(37-47)68-56-35-44-18-6-4-16-42(44)32-52(56)53-33-43-17-5-7-19-45(43)36-57(53)68/h2-24,26-29,31-38,62H,25,30H2,1H3. The number of hydrogen-bond acceptors (Lipinski definition) is 4. The first-order valence-corrected chi connectivity index (χ1v) is 25.2. The second kappa shape index (κ2) is 15.3. The van der Waals surface area contributed by atoms with E-state index in [1.165, 1.54) is 68.8 Å². The number of aromatic nitrogens is 1. The van der Waals surface area contributed by atoms with Crippen molar-refractivity contribution in [1.82, 2.24) is 4.57 Å². The van der Waals surface area contributed by atoms with Gasteiger partial charge in [-0.1, -0.05) is 153 Å².